The van der Waals surface area contributed by atoms with E-state index in [2.05, 4.69) is 20.5 Å². The second kappa shape index (κ2) is 6.00. The molecule has 6 heteroatoms. The van der Waals surface area contributed by atoms with Gasteiger partial charge in [-0.25, -0.2) is 10.4 Å². The molecular formula is C18H15N5O. The number of H-pyrrole nitrogens is 1. The molecule has 1 amide bonds. The summed E-state index contributed by atoms with van der Waals surface area (Å²) in [6.45, 7) is 0.172. The number of carbonyl (C=O) groups excluding carboxylic acids is 1. The van der Waals surface area contributed by atoms with Crippen molar-refractivity contribution in [2.24, 2.45) is 5.10 Å². The van der Waals surface area contributed by atoms with Gasteiger partial charge < -0.3 is 9.55 Å². The third kappa shape index (κ3) is 2.65. The van der Waals surface area contributed by atoms with Gasteiger partial charge in [-0.2, -0.15) is 5.10 Å². The van der Waals surface area contributed by atoms with E-state index in [1.165, 1.54) is 0 Å². The number of para-hydroxylation sites is 3. The van der Waals surface area contributed by atoms with Crippen LogP contribution in [0.3, 0.4) is 0 Å². The number of hydrogen-bond acceptors (Lipinski definition) is 3. The number of amides is 1. The van der Waals surface area contributed by atoms with E-state index < -0.39 is 0 Å². The number of aromatic amines is 1. The van der Waals surface area contributed by atoms with Crippen LogP contribution in [0.4, 0.5) is 0 Å². The van der Waals surface area contributed by atoms with E-state index in [-0.39, 0.29) is 12.5 Å². The van der Waals surface area contributed by atoms with Crippen LogP contribution in [0.25, 0.3) is 21.9 Å². The predicted molar refractivity (Wildman–Crippen MR) is 93.8 cm³/mol. The first-order valence-electron chi connectivity index (χ1n) is 7.59. The number of aromatic nitrogens is 3. The number of fused-ring (bicyclic) bond motifs is 2. The van der Waals surface area contributed by atoms with E-state index in [9.17, 15) is 4.79 Å². The van der Waals surface area contributed by atoms with Gasteiger partial charge >= 0.3 is 0 Å². The van der Waals surface area contributed by atoms with Gasteiger partial charge in [0.05, 0.1) is 23.6 Å². The molecule has 0 saturated heterocycles. The lowest BCUT2D eigenvalue weighted by Crippen LogP contribution is -2.22. The van der Waals surface area contributed by atoms with Crippen LogP contribution in [0.5, 0.6) is 0 Å². The summed E-state index contributed by atoms with van der Waals surface area (Å²) in [5, 5.41) is 5.11. The average Bonchev–Trinajstić information content (AvgIpc) is 3.20. The van der Waals surface area contributed by atoms with Crippen LogP contribution >= 0.6 is 0 Å². The first-order valence-corrected chi connectivity index (χ1v) is 7.59. The first kappa shape index (κ1) is 14.2. The topological polar surface area (TPSA) is 75.1 Å². The fourth-order valence-electron chi connectivity index (χ4n) is 2.70. The number of rotatable bonds is 4. The van der Waals surface area contributed by atoms with Crippen molar-refractivity contribution in [1.82, 2.24) is 20.0 Å². The summed E-state index contributed by atoms with van der Waals surface area (Å²) in [6, 6.07) is 15.6. The molecule has 4 aromatic rings. The Balaban J connectivity index is 1.45. The van der Waals surface area contributed by atoms with Crippen LogP contribution < -0.4 is 5.43 Å². The zero-order valence-electron chi connectivity index (χ0n) is 12.8. The van der Waals surface area contributed by atoms with Gasteiger partial charge in [-0.3, -0.25) is 4.79 Å². The van der Waals surface area contributed by atoms with Crippen LogP contribution in [-0.2, 0) is 11.3 Å². The molecule has 118 valence electrons. The molecule has 0 fully saturated rings. The quantitative estimate of drug-likeness (QED) is 0.448. The normalized spacial score (nSPS) is 11.5. The molecule has 0 aliphatic heterocycles. The highest BCUT2D eigenvalue weighted by Crippen LogP contribution is 2.15. The van der Waals surface area contributed by atoms with Gasteiger partial charge in [0.2, 0.25) is 0 Å². The van der Waals surface area contributed by atoms with Gasteiger partial charge in [-0.1, -0.05) is 30.3 Å². The monoisotopic (exact) mass is 317 g/mol. The number of hydrazone groups is 1. The van der Waals surface area contributed by atoms with Crippen LogP contribution in [0, 0.1) is 0 Å². The van der Waals surface area contributed by atoms with Crippen LogP contribution in [0.15, 0.2) is 66.2 Å². The molecule has 0 aliphatic carbocycles. The number of imidazole rings is 1. The SMILES string of the molecule is O=C(Cn1cnc2ccccc21)N/N=C\c1c[nH]c2ccccc12. The Morgan fingerprint density at radius 3 is 3.00 bits per heavy atom. The summed E-state index contributed by atoms with van der Waals surface area (Å²) in [4.78, 5) is 19.5. The standard InChI is InChI=1S/C18H15N5O/c24-18(11-23-12-20-16-7-3-4-8-17(16)23)22-21-10-13-9-19-15-6-2-1-5-14(13)15/h1-10,12,19H,11H2,(H,22,24)/b21-10-. The van der Waals surface area contributed by atoms with Crippen molar-refractivity contribution in [2.75, 3.05) is 0 Å². The summed E-state index contributed by atoms with van der Waals surface area (Å²) < 4.78 is 1.80. The fraction of sp³-hybridized carbons (Fsp3) is 0.0556. The van der Waals surface area contributed by atoms with E-state index in [4.69, 9.17) is 0 Å². The second-order valence-corrected chi connectivity index (χ2v) is 5.44. The van der Waals surface area contributed by atoms with Crippen LogP contribution in [0.1, 0.15) is 5.56 Å². The lowest BCUT2D eigenvalue weighted by Gasteiger charge is -2.02. The largest absolute Gasteiger partial charge is 0.361 e. The van der Waals surface area contributed by atoms with Crippen molar-refractivity contribution in [3.05, 3.63) is 66.6 Å². The lowest BCUT2D eigenvalue weighted by molar-refractivity contribution is -0.121. The molecule has 0 saturated carbocycles. The molecule has 6 nitrogen and oxygen atoms in total. The van der Waals surface area contributed by atoms with Crippen LogP contribution in [-0.4, -0.2) is 26.7 Å². The van der Waals surface area contributed by atoms with Crippen molar-refractivity contribution in [3.63, 3.8) is 0 Å². The minimum atomic E-state index is -0.200. The van der Waals surface area contributed by atoms with E-state index in [1.807, 2.05) is 54.7 Å². The van der Waals surface area contributed by atoms with E-state index in [0.29, 0.717) is 0 Å². The van der Waals surface area contributed by atoms with E-state index in [0.717, 1.165) is 27.5 Å². The van der Waals surface area contributed by atoms with Gasteiger partial charge in [-0.15, -0.1) is 0 Å². The predicted octanol–water partition coefficient (Wildman–Crippen LogP) is 2.67. The molecule has 0 aliphatic rings. The van der Waals surface area contributed by atoms with Crippen molar-refractivity contribution < 1.29 is 4.79 Å². The lowest BCUT2D eigenvalue weighted by atomic mass is 10.2. The highest BCUT2D eigenvalue weighted by molar-refractivity contribution is 5.99. The molecule has 24 heavy (non-hydrogen) atoms. The van der Waals surface area contributed by atoms with Gasteiger partial charge in [0, 0.05) is 22.7 Å². The van der Waals surface area contributed by atoms with Crippen LogP contribution in [0.2, 0.25) is 0 Å². The number of hydrogen-bond donors (Lipinski definition) is 2. The number of carbonyl (C=O) groups is 1. The molecule has 2 N–H and O–H groups in total. The van der Waals surface area contributed by atoms with E-state index >= 15 is 0 Å². The Hall–Kier alpha value is -3.41. The zero-order chi connectivity index (χ0) is 16.4. The molecule has 0 bridgehead atoms. The maximum Gasteiger partial charge on any atom is 0.260 e. The second-order valence-electron chi connectivity index (χ2n) is 5.44. The Kier molecular flexibility index (Phi) is 3.55. The third-order valence-electron chi connectivity index (χ3n) is 3.86. The molecule has 0 spiro atoms. The Labute approximate surface area is 137 Å². The van der Waals surface area contributed by atoms with Gasteiger partial charge in [0.25, 0.3) is 5.91 Å². The zero-order valence-corrected chi connectivity index (χ0v) is 12.8. The van der Waals surface area contributed by atoms with E-state index in [1.54, 1.807) is 17.1 Å². The number of benzene rings is 2. The summed E-state index contributed by atoms with van der Waals surface area (Å²) >= 11 is 0. The maximum absolute atomic E-state index is 12.1. The minimum absolute atomic E-state index is 0.172. The summed E-state index contributed by atoms with van der Waals surface area (Å²) in [6.07, 6.45) is 5.17. The minimum Gasteiger partial charge on any atom is -0.361 e. The van der Waals surface area contributed by atoms with Gasteiger partial charge in [0.15, 0.2) is 0 Å². The van der Waals surface area contributed by atoms with Crippen molar-refractivity contribution >= 4 is 34.1 Å². The van der Waals surface area contributed by atoms with Gasteiger partial charge in [-0.05, 0) is 18.2 Å². The van der Waals surface area contributed by atoms with Crippen molar-refractivity contribution in [3.8, 4) is 0 Å². The molecule has 0 unspecified atom stereocenters. The summed E-state index contributed by atoms with van der Waals surface area (Å²) in [5.74, 6) is -0.200. The van der Waals surface area contributed by atoms with Crippen molar-refractivity contribution in [2.45, 2.75) is 6.54 Å². The summed E-state index contributed by atoms with van der Waals surface area (Å²) in [5.41, 5.74) is 6.32. The number of nitrogens with zero attached hydrogens (tertiary/aromatic N) is 3. The average molecular weight is 317 g/mol. The highest BCUT2D eigenvalue weighted by atomic mass is 16.2. The Bertz CT molecular complexity index is 1040. The number of nitrogens with one attached hydrogen (secondary N) is 2. The Morgan fingerprint density at radius 2 is 2.04 bits per heavy atom. The molecule has 4 rings (SSSR count). The molecule has 2 aromatic heterocycles. The Morgan fingerprint density at radius 1 is 1.21 bits per heavy atom. The first-order chi connectivity index (χ1) is 11.8. The molecule has 0 radical (unpaired) electrons. The molecule has 2 heterocycles. The van der Waals surface area contributed by atoms with Crippen molar-refractivity contribution in [1.29, 1.82) is 0 Å². The smallest absolute Gasteiger partial charge is 0.260 e. The fourth-order valence-corrected chi connectivity index (χ4v) is 2.70. The third-order valence-corrected chi connectivity index (χ3v) is 3.86. The van der Waals surface area contributed by atoms with Gasteiger partial charge in [0.1, 0.15) is 6.54 Å². The molecule has 2 aromatic carbocycles. The molecular weight excluding hydrogens is 302 g/mol. The molecule has 0 atom stereocenters. The maximum atomic E-state index is 12.1. The highest BCUT2D eigenvalue weighted by Gasteiger charge is 2.06. The summed E-state index contributed by atoms with van der Waals surface area (Å²) in [7, 11) is 0.